The monoisotopic (exact) mass is 752 g/mol. The molecule has 0 spiro atoms. The van der Waals surface area contributed by atoms with Crippen LogP contribution in [0.4, 0.5) is 34.1 Å². The summed E-state index contributed by atoms with van der Waals surface area (Å²) < 4.78 is 0. The summed E-state index contributed by atoms with van der Waals surface area (Å²) in [4.78, 5) is 5.02. The molecule has 9 aromatic carbocycles. The molecule has 0 saturated heterocycles. The number of hydrogen-bond acceptors (Lipinski definition) is 2. The van der Waals surface area contributed by atoms with Crippen LogP contribution in [-0.2, 0) is 0 Å². The zero-order valence-electron chi connectivity index (χ0n) is 33.2. The van der Waals surface area contributed by atoms with Crippen LogP contribution < -0.4 is 26.2 Å². The van der Waals surface area contributed by atoms with Crippen molar-refractivity contribution in [2.75, 3.05) is 9.80 Å². The highest BCUT2D eigenvalue weighted by molar-refractivity contribution is 7.00. The van der Waals surface area contributed by atoms with E-state index < -0.39 is 0 Å². The van der Waals surface area contributed by atoms with Crippen molar-refractivity contribution < 1.29 is 0 Å². The quantitative estimate of drug-likeness (QED) is 0.156. The van der Waals surface area contributed by atoms with Gasteiger partial charge >= 0.3 is 0 Å². The van der Waals surface area contributed by atoms with E-state index in [1.54, 1.807) is 0 Å². The highest BCUT2D eigenvalue weighted by atomic mass is 15.2. The topological polar surface area (TPSA) is 6.48 Å². The van der Waals surface area contributed by atoms with Crippen LogP contribution >= 0.6 is 0 Å². The summed E-state index contributed by atoms with van der Waals surface area (Å²) in [5, 5.41) is 0. The average Bonchev–Trinajstić information content (AvgIpc) is 3.30. The van der Waals surface area contributed by atoms with Gasteiger partial charge in [0, 0.05) is 34.1 Å². The maximum atomic E-state index is 2.51. The smallest absolute Gasteiger partial charge is 0.252 e. The van der Waals surface area contributed by atoms with Crippen LogP contribution in [0, 0.1) is 13.8 Å². The van der Waals surface area contributed by atoms with E-state index in [1.165, 1.54) is 94.8 Å². The molecule has 0 N–H and O–H groups in total. The Labute approximate surface area is 347 Å². The van der Waals surface area contributed by atoms with Crippen LogP contribution in [0.15, 0.2) is 212 Å². The van der Waals surface area contributed by atoms with Crippen molar-refractivity contribution in [3.05, 3.63) is 223 Å². The minimum absolute atomic E-state index is 0.0546. The number of aryl methyl sites for hydroxylation is 2. The molecule has 0 radical (unpaired) electrons. The van der Waals surface area contributed by atoms with Gasteiger partial charge in [0.2, 0.25) is 0 Å². The number of anilines is 6. The molecule has 9 aromatic rings. The second-order valence-corrected chi connectivity index (χ2v) is 15.9. The lowest BCUT2D eigenvalue weighted by Crippen LogP contribution is -2.61. The van der Waals surface area contributed by atoms with Crippen molar-refractivity contribution in [2.45, 2.75) is 13.8 Å². The predicted molar refractivity (Wildman–Crippen MR) is 252 cm³/mol. The molecule has 2 aliphatic rings. The van der Waals surface area contributed by atoms with Crippen molar-refractivity contribution in [1.82, 2.24) is 0 Å². The van der Waals surface area contributed by atoms with E-state index in [0.29, 0.717) is 0 Å². The molecule has 3 heteroatoms. The van der Waals surface area contributed by atoms with Gasteiger partial charge in [-0.15, -0.1) is 0 Å². The Kier molecular flexibility index (Phi) is 8.41. The van der Waals surface area contributed by atoms with Gasteiger partial charge in [0.15, 0.2) is 0 Å². The van der Waals surface area contributed by atoms with Crippen LogP contribution in [0.2, 0.25) is 0 Å². The van der Waals surface area contributed by atoms with E-state index in [2.05, 4.69) is 236 Å². The van der Waals surface area contributed by atoms with Crippen molar-refractivity contribution in [3.8, 4) is 44.5 Å². The van der Waals surface area contributed by atoms with Crippen LogP contribution in [0.3, 0.4) is 0 Å². The fourth-order valence-electron chi connectivity index (χ4n) is 9.32. The fourth-order valence-corrected chi connectivity index (χ4v) is 9.32. The molecule has 0 unspecified atom stereocenters. The maximum Gasteiger partial charge on any atom is 0.252 e. The molecule has 0 bridgehead atoms. The summed E-state index contributed by atoms with van der Waals surface area (Å²) in [6.45, 7) is 4.50. The molecule has 0 amide bonds. The summed E-state index contributed by atoms with van der Waals surface area (Å²) in [6, 6.07) is 78.2. The molecular weight excluding hydrogens is 711 g/mol. The van der Waals surface area contributed by atoms with Gasteiger partial charge in [0.1, 0.15) is 0 Å². The summed E-state index contributed by atoms with van der Waals surface area (Å²) in [5.74, 6) is 0. The largest absolute Gasteiger partial charge is 0.311 e. The maximum absolute atomic E-state index is 2.51. The third-order valence-electron chi connectivity index (χ3n) is 12.2. The number of fused-ring (bicyclic) bond motifs is 4. The van der Waals surface area contributed by atoms with E-state index in [0.717, 1.165) is 11.4 Å². The van der Waals surface area contributed by atoms with Crippen LogP contribution in [0.25, 0.3) is 44.5 Å². The second kappa shape index (κ2) is 14.2. The lowest BCUT2D eigenvalue weighted by molar-refractivity contribution is 1.25. The molecule has 0 saturated carbocycles. The zero-order valence-corrected chi connectivity index (χ0v) is 33.2. The molecule has 278 valence electrons. The Balaban J connectivity index is 1.16. The first kappa shape index (κ1) is 34.9. The van der Waals surface area contributed by atoms with Crippen molar-refractivity contribution in [3.63, 3.8) is 0 Å². The normalized spacial score (nSPS) is 12.5. The van der Waals surface area contributed by atoms with Crippen molar-refractivity contribution >= 4 is 57.2 Å². The minimum Gasteiger partial charge on any atom is -0.311 e. The zero-order chi connectivity index (χ0) is 39.5. The molecule has 11 rings (SSSR count). The lowest BCUT2D eigenvalue weighted by Gasteiger charge is -2.44. The Hall–Kier alpha value is -7.36. The van der Waals surface area contributed by atoms with Gasteiger partial charge < -0.3 is 9.80 Å². The van der Waals surface area contributed by atoms with Gasteiger partial charge in [-0.1, -0.05) is 175 Å². The molecule has 0 fully saturated rings. The van der Waals surface area contributed by atoms with E-state index in [4.69, 9.17) is 0 Å². The molecule has 0 aliphatic carbocycles. The van der Waals surface area contributed by atoms with Crippen LogP contribution in [-0.4, -0.2) is 6.71 Å². The minimum atomic E-state index is 0.0546. The van der Waals surface area contributed by atoms with Gasteiger partial charge in [0.05, 0.1) is 0 Å². The van der Waals surface area contributed by atoms with Gasteiger partial charge in [-0.05, 0) is 123 Å². The highest BCUT2D eigenvalue weighted by Gasteiger charge is 2.43. The van der Waals surface area contributed by atoms with E-state index in [9.17, 15) is 0 Å². The number of rotatable bonds is 6. The predicted octanol–water partition coefficient (Wildman–Crippen LogP) is 13.1. The first-order valence-electron chi connectivity index (χ1n) is 20.5. The summed E-state index contributed by atoms with van der Waals surface area (Å²) in [5.41, 5.74) is 23.3. The average molecular weight is 753 g/mol. The van der Waals surface area contributed by atoms with Crippen LogP contribution in [0.1, 0.15) is 11.1 Å². The van der Waals surface area contributed by atoms with Gasteiger partial charge in [0.25, 0.3) is 6.71 Å². The second-order valence-electron chi connectivity index (χ2n) is 15.9. The SMILES string of the molecule is Cc1ccc2c(c1)B1c3cc(C)ccc3N(c3ccc(-c4ccccc4)cc3)c3cc(-c4ccc(-c5ccccc5)cc4)cc(c31)N2c1ccc(-c2ccccc2)cc1. The fraction of sp³-hybridized carbons (Fsp3) is 0.0357. The third kappa shape index (κ3) is 6.06. The number of nitrogens with zero attached hydrogens (tertiary/aromatic N) is 2. The highest BCUT2D eigenvalue weighted by Crippen LogP contribution is 2.46. The first-order chi connectivity index (χ1) is 29.1. The molecule has 0 aromatic heterocycles. The molecule has 2 nitrogen and oxygen atoms in total. The molecule has 2 aliphatic heterocycles. The van der Waals surface area contributed by atoms with E-state index in [-0.39, 0.29) is 6.71 Å². The molecular formula is C56H41BN2. The Bertz CT molecular complexity index is 2820. The summed E-state index contributed by atoms with van der Waals surface area (Å²) in [6.07, 6.45) is 0. The Morgan fingerprint density at radius 3 is 0.983 bits per heavy atom. The number of benzene rings is 9. The standard InChI is InChI=1S/C56H41BN2/c1-38-18-32-52-50(34-38)57-51-35-39(2)19-33-53(51)59(49-30-26-45(27-31-49)42-16-10-5-11-17-42)55-37-47(46-22-20-43(21-23-46)40-12-6-3-7-13-40)36-54(56(55)57)58(52)48-28-24-44(25-29-48)41-14-8-4-9-15-41/h3-37H,1-2H3. The molecule has 59 heavy (non-hydrogen) atoms. The summed E-state index contributed by atoms with van der Waals surface area (Å²) >= 11 is 0. The Morgan fingerprint density at radius 1 is 0.288 bits per heavy atom. The van der Waals surface area contributed by atoms with E-state index >= 15 is 0 Å². The third-order valence-corrected chi connectivity index (χ3v) is 12.2. The molecule has 0 atom stereocenters. The van der Waals surface area contributed by atoms with Crippen molar-refractivity contribution in [2.24, 2.45) is 0 Å². The van der Waals surface area contributed by atoms with E-state index in [1.807, 2.05) is 0 Å². The summed E-state index contributed by atoms with van der Waals surface area (Å²) in [7, 11) is 0. The van der Waals surface area contributed by atoms with Gasteiger partial charge in [-0.3, -0.25) is 0 Å². The van der Waals surface area contributed by atoms with Gasteiger partial charge in [-0.2, -0.15) is 0 Å². The van der Waals surface area contributed by atoms with Crippen LogP contribution in [0.5, 0.6) is 0 Å². The van der Waals surface area contributed by atoms with Gasteiger partial charge in [-0.25, -0.2) is 0 Å². The first-order valence-corrected chi connectivity index (χ1v) is 20.5. The Morgan fingerprint density at radius 2 is 0.610 bits per heavy atom. The lowest BCUT2D eigenvalue weighted by atomic mass is 9.33. The molecule has 2 heterocycles. The number of hydrogen-bond donors (Lipinski definition) is 0. The van der Waals surface area contributed by atoms with Crippen molar-refractivity contribution in [1.29, 1.82) is 0 Å².